The number of nitro benzene ring substituents is 1. The first-order valence-electron chi connectivity index (χ1n) is 10.4. The molecule has 0 aliphatic carbocycles. The molecule has 0 radical (unpaired) electrons. The zero-order valence-corrected chi connectivity index (χ0v) is 18.8. The number of carbonyl (C=O) groups excluding carboxylic acids is 3. The zero-order chi connectivity index (χ0) is 23.9. The van der Waals surface area contributed by atoms with Crippen molar-refractivity contribution in [1.29, 1.82) is 0 Å². The number of hydrogen-bond donors (Lipinski definition) is 2. The van der Waals surface area contributed by atoms with E-state index in [4.69, 9.17) is 9.47 Å². The van der Waals surface area contributed by atoms with Crippen LogP contribution in [0.2, 0.25) is 0 Å². The van der Waals surface area contributed by atoms with Crippen molar-refractivity contribution >= 4 is 23.6 Å². The summed E-state index contributed by atoms with van der Waals surface area (Å²) in [5.74, 6) is -0.826. The zero-order valence-electron chi connectivity index (χ0n) is 18.8. The highest BCUT2D eigenvalue weighted by Crippen LogP contribution is 2.27. The van der Waals surface area contributed by atoms with Crippen LogP contribution in [0, 0.1) is 16.0 Å². The van der Waals surface area contributed by atoms with Gasteiger partial charge < -0.3 is 25.0 Å². The third kappa shape index (κ3) is 7.10. The van der Waals surface area contributed by atoms with Crippen LogP contribution < -0.4 is 15.4 Å². The number of methoxy groups -OCH3 is 1. The van der Waals surface area contributed by atoms with Gasteiger partial charge in [0.2, 0.25) is 5.91 Å². The number of nitrogens with zero attached hydrogens (tertiary/aromatic N) is 2. The number of piperidine rings is 1. The number of non-ortho nitro benzene ring substituents is 1. The molecule has 0 aromatic heterocycles. The van der Waals surface area contributed by atoms with Gasteiger partial charge in [-0.15, -0.1) is 0 Å². The molecule has 2 N–H and O–H groups in total. The van der Waals surface area contributed by atoms with Crippen LogP contribution in [0.3, 0.4) is 0 Å². The number of likely N-dealkylation sites (tertiary alicyclic amines) is 1. The highest BCUT2D eigenvalue weighted by molar-refractivity contribution is 5.98. The predicted octanol–water partition coefficient (Wildman–Crippen LogP) is 2.10. The molecule has 11 heteroatoms. The highest BCUT2D eigenvalue weighted by atomic mass is 16.6. The minimum Gasteiger partial charge on any atom is -0.496 e. The molecule has 32 heavy (non-hydrogen) atoms. The third-order valence-electron chi connectivity index (χ3n) is 4.80. The monoisotopic (exact) mass is 450 g/mol. The summed E-state index contributed by atoms with van der Waals surface area (Å²) in [5.41, 5.74) is -0.727. The molecule has 1 aromatic rings. The lowest BCUT2D eigenvalue weighted by molar-refractivity contribution is -0.384. The maximum absolute atomic E-state index is 13.0. The largest absolute Gasteiger partial charge is 0.496 e. The maximum atomic E-state index is 13.0. The van der Waals surface area contributed by atoms with Crippen LogP contribution in [0.5, 0.6) is 5.75 Å². The predicted molar refractivity (Wildman–Crippen MR) is 116 cm³/mol. The van der Waals surface area contributed by atoms with Crippen LogP contribution in [0.15, 0.2) is 18.2 Å². The summed E-state index contributed by atoms with van der Waals surface area (Å²) in [4.78, 5) is 49.2. The van der Waals surface area contributed by atoms with Crippen molar-refractivity contribution in [3.63, 3.8) is 0 Å². The van der Waals surface area contributed by atoms with Crippen molar-refractivity contribution in [3.8, 4) is 5.75 Å². The van der Waals surface area contributed by atoms with E-state index < -0.39 is 28.4 Å². The average molecular weight is 450 g/mol. The molecule has 1 aliphatic rings. The first-order chi connectivity index (χ1) is 15.0. The van der Waals surface area contributed by atoms with Gasteiger partial charge in [0.15, 0.2) is 0 Å². The molecule has 2 rings (SSSR count). The molecule has 1 saturated heterocycles. The number of hydrogen-bond acceptors (Lipinski definition) is 7. The van der Waals surface area contributed by atoms with Crippen LogP contribution in [-0.2, 0) is 9.53 Å². The number of alkyl carbamates (subject to hydrolysis) is 1. The second kappa shape index (κ2) is 10.8. The first-order valence-corrected chi connectivity index (χ1v) is 10.4. The summed E-state index contributed by atoms with van der Waals surface area (Å²) < 4.78 is 10.3. The summed E-state index contributed by atoms with van der Waals surface area (Å²) in [6.45, 7) is 6.34. The molecule has 0 bridgehead atoms. The van der Waals surface area contributed by atoms with E-state index in [0.717, 1.165) is 0 Å². The van der Waals surface area contributed by atoms with Gasteiger partial charge in [-0.3, -0.25) is 19.7 Å². The SMILES string of the molecule is COc1ccc([N+](=O)[O-])cc1C(=O)N1CCCC(C(=O)NCCNC(=O)OC(C)(C)C)C1. The van der Waals surface area contributed by atoms with E-state index in [1.165, 1.54) is 30.2 Å². The fraction of sp³-hybridized carbons (Fsp3) is 0.571. The third-order valence-corrected chi connectivity index (χ3v) is 4.80. The van der Waals surface area contributed by atoms with Gasteiger partial charge in [-0.05, 0) is 39.7 Å². The molecular weight excluding hydrogens is 420 g/mol. The van der Waals surface area contributed by atoms with Crippen molar-refractivity contribution in [2.75, 3.05) is 33.3 Å². The van der Waals surface area contributed by atoms with Crippen molar-refractivity contribution < 1.29 is 28.8 Å². The van der Waals surface area contributed by atoms with Gasteiger partial charge >= 0.3 is 6.09 Å². The minimum atomic E-state index is -0.604. The lowest BCUT2D eigenvalue weighted by atomic mass is 9.96. The summed E-state index contributed by atoms with van der Waals surface area (Å²) >= 11 is 0. The number of nitro groups is 1. The number of benzene rings is 1. The normalized spacial score (nSPS) is 16.1. The Balaban J connectivity index is 1.92. The number of amides is 3. The van der Waals surface area contributed by atoms with Crippen LogP contribution in [-0.4, -0.2) is 66.6 Å². The fourth-order valence-corrected chi connectivity index (χ4v) is 3.33. The summed E-state index contributed by atoms with van der Waals surface area (Å²) in [6, 6.07) is 3.84. The molecule has 1 heterocycles. The standard InChI is InChI=1S/C21H30N4O7/c1-21(2,3)32-20(28)23-10-9-22-18(26)14-6-5-11-24(13-14)19(27)16-12-15(25(29)30)7-8-17(16)31-4/h7-8,12,14H,5-6,9-11,13H2,1-4H3,(H,22,26)(H,23,28). The van der Waals surface area contributed by atoms with E-state index in [9.17, 15) is 24.5 Å². The van der Waals surface area contributed by atoms with Crippen LogP contribution >= 0.6 is 0 Å². The molecule has 1 fully saturated rings. The van der Waals surface area contributed by atoms with E-state index in [2.05, 4.69) is 10.6 Å². The Labute approximate surface area is 186 Å². The second-order valence-corrected chi connectivity index (χ2v) is 8.45. The van der Waals surface area contributed by atoms with Gasteiger partial charge in [0.05, 0.1) is 23.5 Å². The smallest absolute Gasteiger partial charge is 0.407 e. The van der Waals surface area contributed by atoms with Gasteiger partial charge in [0, 0.05) is 38.3 Å². The summed E-state index contributed by atoms with van der Waals surface area (Å²) in [5, 5.41) is 16.4. The van der Waals surface area contributed by atoms with E-state index in [1.54, 1.807) is 20.8 Å². The lowest BCUT2D eigenvalue weighted by Gasteiger charge is -2.32. The summed E-state index contributed by atoms with van der Waals surface area (Å²) in [7, 11) is 1.38. The highest BCUT2D eigenvalue weighted by Gasteiger charge is 2.30. The fourth-order valence-electron chi connectivity index (χ4n) is 3.33. The van der Waals surface area contributed by atoms with E-state index in [1.807, 2.05) is 0 Å². The van der Waals surface area contributed by atoms with Crippen molar-refractivity contribution in [3.05, 3.63) is 33.9 Å². The molecule has 1 aliphatic heterocycles. The Kier molecular flexibility index (Phi) is 8.39. The van der Waals surface area contributed by atoms with Crippen molar-refractivity contribution in [1.82, 2.24) is 15.5 Å². The number of ether oxygens (including phenoxy) is 2. The number of nitrogens with one attached hydrogen (secondary N) is 2. The quantitative estimate of drug-likeness (QED) is 0.368. The van der Waals surface area contributed by atoms with Crippen molar-refractivity contribution in [2.24, 2.45) is 5.92 Å². The van der Waals surface area contributed by atoms with Gasteiger partial charge in [-0.25, -0.2) is 4.79 Å². The van der Waals surface area contributed by atoms with E-state index >= 15 is 0 Å². The Morgan fingerprint density at radius 2 is 1.91 bits per heavy atom. The Bertz CT molecular complexity index is 866. The molecule has 3 amide bonds. The van der Waals surface area contributed by atoms with Gasteiger partial charge in [-0.1, -0.05) is 0 Å². The van der Waals surface area contributed by atoms with E-state index in [-0.39, 0.29) is 42.5 Å². The number of rotatable bonds is 7. The molecule has 11 nitrogen and oxygen atoms in total. The van der Waals surface area contributed by atoms with E-state index in [0.29, 0.717) is 19.4 Å². The molecule has 1 unspecified atom stereocenters. The second-order valence-electron chi connectivity index (χ2n) is 8.45. The Morgan fingerprint density at radius 3 is 2.53 bits per heavy atom. The average Bonchev–Trinajstić information content (AvgIpc) is 2.74. The van der Waals surface area contributed by atoms with Crippen LogP contribution in [0.1, 0.15) is 44.0 Å². The van der Waals surface area contributed by atoms with Crippen LogP contribution in [0.25, 0.3) is 0 Å². The Hall–Kier alpha value is -3.37. The molecule has 1 atom stereocenters. The lowest BCUT2D eigenvalue weighted by Crippen LogP contribution is -2.46. The molecule has 1 aromatic carbocycles. The summed E-state index contributed by atoms with van der Waals surface area (Å²) in [6.07, 6.45) is 0.672. The van der Waals surface area contributed by atoms with Crippen LogP contribution in [0.4, 0.5) is 10.5 Å². The molecule has 0 spiro atoms. The Morgan fingerprint density at radius 1 is 1.22 bits per heavy atom. The molecule has 176 valence electrons. The maximum Gasteiger partial charge on any atom is 0.407 e. The molecular formula is C21H30N4O7. The first kappa shape index (κ1) is 24.9. The van der Waals surface area contributed by atoms with Gasteiger partial charge in [0.1, 0.15) is 11.4 Å². The molecule has 0 saturated carbocycles. The van der Waals surface area contributed by atoms with Crippen molar-refractivity contribution in [2.45, 2.75) is 39.2 Å². The van der Waals surface area contributed by atoms with Gasteiger partial charge in [-0.2, -0.15) is 0 Å². The minimum absolute atomic E-state index is 0.0873. The number of carbonyl (C=O) groups is 3. The van der Waals surface area contributed by atoms with Gasteiger partial charge in [0.25, 0.3) is 11.6 Å². The topological polar surface area (TPSA) is 140 Å².